The average molecular weight is 336 g/mol. The van der Waals surface area contributed by atoms with Crippen molar-refractivity contribution in [3.8, 4) is 10.6 Å². The molecule has 0 aliphatic carbocycles. The standard InChI is InChI=1S/C14H10ClN3OS2/c1-8-9(15)4-2-5-10(8)16-14(19)13-12(17-18-21-13)11-6-3-7-20-11/h2-7H,1H3,(H,16,19). The lowest BCUT2D eigenvalue weighted by Crippen LogP contribution is -2.12. The van der Waals surface area contributed by atoms with Gasteiger partial charge in [-0.3, -0.25) is 4.79 Å². The molecule has 106 valence electrons. The Bertz CT molecular complexity index is 783. The van der Waals surface area contributed by atoms with Gasteiger partial charge in [-0.1, -0.05) is 28.2 Å². The van der Waals surface area contributed by atoms with E-state index in [0.29, 0.717) is 21.3 Å². The summed E-state index contributed by atoms with van der Waals surface area (Å²) >= 11 is 8.68. The van der Waals surface area contributed by atoms with Crippen molar-refractivity contribution in [3.05, 3.63) is 51.2 Å². The predicted molar refractivity (Wildman–Crippen MR) is 87.4 cm³/mol. The number of nitrogens with zero attached hydrogens (tertiary/aromatic N) is 2. The van der Waals surface area contributed by atoms with E-state index in [1.165, 1.54) is 11.3 Å². The van der Waals surface area contributed by atoms with Crippen molar-refractivity contribution in [1.29, 1.82) is 0 Å². The summed E-state index contributed by atoms with van der Waals surface area (Å²) in [5.74, 6) is -0.223. The summed E-state index contributed by atoms with van der Waals surface area (Å²) in [6, 6.07) is 9.25. The van der Waals surface area contributed by atoms with E-state index in [1.807, 2.05) is 30.5 Å². The normalized spacial score (nSPS) is 10.6. The molecule has 0 unspecified atom stereocenters. The third kappa shape index (κ3) is 2.83. The monoisotopic (exact) mass is 335 g/mol. The Morgan fingerprint density at radius 3 is 2.90 bits per heavy atom. The molecule has 0 bridgehead atoms. The quantitative estimate of drug-likeness (QED) is 0.767. The molecule has 0 aliphatic rings. The molecule has 3 aromatic rings. The van der Waals surface area contributed by atoms with Gasteiger partial charge in [0.2, 0.25) is 0 Å². The molecule has 0 aliphatic heterocycles. The van der Waals surface area contributed by atoms with E-state index in [2.05, 4.69) is 14.9 Å². The zero-order valence-electron chi connectivity index (χ0n) is 11.0. The Labute approximate surface area is 134 Å². The van der Waals surface area contributed by atoms with E-state index in [0.717, 1.165) is 22.0 Å². The topological polar surface area (TPSA) is 54.9 Å². The fourth-order valence-electron chi connectivity index (χ4n) is 1.84. The summed E-state index contributed by atoms with van der Waals surface area (Å²) in [5, 5.41) is 9.48. The minimum Gasteiger partial charge on any atom is -0.321 e. The van der Waals surface area contributed by atoms with Crippen LogP contribution in [0.2, 0.25) is 5.02 Å². The molecule has 7 heteroatoms. The van der Waals surface area contributed by atoms with Gasteiger partial charge in [0.1, 0.15) is 10.6 Å². The molecule has 0 atom stereocenters. The maximum absolute atomic E-state index is 12.4. The van der Waals surface area contributed by atoms with Crippen LogP contribution in [0.1, 0.15) is 15.2 Å². The molecule has 21 heavy (non-hydrogen) atoms. The summed E-state index contributed by atoms with van der Waals surface area (Å²) in [7, 11) is 0. The number of carbonyl (C=O) groups excluding carboxylic acids is 1. The van der Waals surface area contributed by atoms with Crippen molar-refractivity contribution < 1.29 is 4.79 Å². The SMILES string of the molecule is Cc1c(Cl)cccc1NC(=O)c1snnc1-c1cccs1. The van der Waals surface area contributed by atoms with Crippen molar-refractivity contribution in [1.82, 2.24) is 9.59 Å². The van der Waals surface area contributed by atoms with E-state index in [9.17, 15) is 4.79 Å². The lowest BCUT2D eigenvalue weighted by atomic mass is 10.2. The molecule has 1 N–H and O–H groups in total. The van der Waals surface area contributed by atoms with Crippen LogP contribution in [0.5, 0.6) is 0 Å². The predicted octanol–water partition coefficient (Wildman–Crippen LogP) is 4.48. The van der Waals surface area contributed by atoms with Crippen molar-refractivity contribution >= 4 is 46.1 Å². The molecule has 3 rings (SSSR count). The highest BCUT2D eigenvalue weighted by Gasteiger charge is 2.19. The first-order valence-electron chi connectivity index (χ1n) is 6.09. The highest BCUT2D eigenvalue weighted by atomic mass is 35.5. The summed E-state index contributed by atoms with van der Waals surface area (Å²) in [6.07, 6.45) is 0. The molecule has 0 saturated heterocycles. The van der Waals surface area contributed by atoms with Gasteiger partial charge in [-0.15, -0.1) is 16.4 Å². The van der Waals surface area contributed by atoms with Crippen molar-refractivity contribution in [2.75, 3.05) is 5.32 Å². The second kappa shape index (κ2) is 5.93. The van der Waals surface area contributed by atoms with Gasteiger partial charge in [-0.05, 0) is 47.6 Å². The third-order valence-corrected chi connectivity index (χ3v) is 4.98. The molecular formula is C14H10ClN3OS2. The maximum Gasteiger partial charge on any atom is 0.269 e. The van der Waals surface area contributed by atoms with Gasteiger partial charge in [0.25, 0.3) is 5.91 Å². The molecular weight excluding hydrogens is 326 g/mol. The number of halogens is 1. The fraction of sp³-hybridized carbons (Fsp3) is 0.0714. The second-order valence-corrected chi connectivity index (χ2v) is 6.40. The van der Waals surface area contributed by atoms with E-state index >= 15 is 0 Å². The Morgan fingerprint density at radius 2 is 2.14 bits per heavy atom. The van der Waals surface area contributed by atoms with Crippen LogP contribution in [-0.4, -0.2) is 15.5 Å². The van der Waals surface area contributed by atoms with Gasteiger partial charge in [-0.2, -0.15) is 0 Å². The van der Waals surface area contributed by atoms with E-state index in [-0.39, 0.29) is 5.91 Å². The zero-order chi connectivity index (χ0) is 14.8. The number of aromatic nitrogens is 2. The largest absolute Gasteiger partial charge is 0.321 e. The number of benzene rings is 1. The van der Waals surface area contributed by atoms with Gasteiger partial charge < -0.3 is 5.32 Å². The van der Waals surface area contributed by atoms with Crippen LogP contribution in [0.3, 0.4) is 0 Å². The fourth-order valence-corrected chi connectivity index (χ4v) is 3.37. The van der Waals surface area contributed by atoms with Crippen molar-refractivity contribution in [3.63, 3.8) is 0 Å². The highest BCUT2D eigenvalue weighted by Crippen LogP contribution is 2.29. The lowest BCUT2D eigenvalue weighted by Gasteiger charge is -2.08. The Balaban J connectivity index is 1.90. The number of nitrogens with one attached hydrogen (secondary N) is 1. The number of hydrogen-bond acceptors (Lipinski definition) is 5. The summed E-state index contributed by atoms with van der Waals surface area (Å²) < 4.78 is 3.89. The molecule has 0 radical (unpaired) electrons. The van der Waals surface area contributed by atoms with Crippen LogP contribution >= 0.6 is 34.5 Å². The molecule has 4 nitrogen and oxygen atoms in total. The second-order valence-electron chi connectivity index (χ2n) is 4.29. The van der Waals surface area contributed by atoms with E-state index < -0.39 is 0 Å². The van der Waals surface area contributed by atoms with E-state index in [1.54, 1.807) is 12.1 Å². The molecule has 1 aromatic carbocycles. The number of carbonyl (C=O) groups is 1. The first-order valence-corrected chi connectivity index (χ1v) is 8.12. The Hall–Kier alpha value is -1.76. The first kappa shape index (κ1) is 14.2. The molecule has 1 amide bonds. The molecule has 2 aromatic heterocycles. The van der Waals surface area contributed by atoms with E-state index in [4.69, 9.17) is 11.6 Å². The van der Waals surface area contributed by atoms with Crippen molar-refractivity contribution in [2.24, 2.45) is 0 Å². The van der Waals surface area contributed by atoms with Gasteiger partial charge >= 0.3 is 0 Å². The number of rotatable bonds is 3. The van der Waals surface area contributed by atoms with Crippen LogP contribution in [0.15, 0.2) is 35.7 Å². The number of thiophene rings is 1. The molecule has 0 saturated carbocycles. The highest BCUT2D eigenvalue weighted by molar-refractivity contribution is 7.14. The number of amides is 1. The van der Waals surface area contributed by atoms with Crippen LogP contribution < -0.4 is 5.32 Å². The van der Waals surface area contributed by atoms with Crippen LogP contribution in [0.4, 0.5) is 5.69 Å². The maximum atomic E-state index is 12.4. The lowest BCUT2D eigenvalue weighted by molar-refractivity contribution is 0.103. The Morgan fingerprint density at radius 1 is 1.29 bits per heavy atom. The van der Waals surface area contributed by atoms with Crippen LogP contribution in [0, 0.1) is 6.92 Å². The summed E-state index contributed by atoms with van der Waals surface area (Å²) in [5.41, 5.74) is 2.15. The minimum absolute atomic E-state index is 0.223. The Kier molecular flexibility index (Phi) is 4.01. The molecule has 2 heterocycles. The smallest absolute Gasteiger partial charge is 0.269 e. The van der Waals surface area contributed by atoms with Gasteiger partial charge in [-0.25, -0.2) is 0 Å². The molecule has 0 fully saturated rings. The van der Waals surface area contributed by atoms with Crippen molar-refractivity contribution in [2.45, 2.75) is 6.92 Å². The number of anilines is 1. The molecule has 0 spiro atoms. The summed E-state index contributed by atoms with van der Waals surface area (Å²) in [6.45, 7) is 1.86. The van der Waals surface area contributed by atoms with Gasteiger partial charge in [0, 0.05) is 10.7 Å². The zero-order valence-corrected chi connectivity index (χ0v) is 13.4. The third-order valence-electron chi connectivity index (χ3n) is 2.96. The average Bonchev–Trinajstić information content (AvgIpc) is 3.13. The first-order chi connectivity index (χ1) is 10.2. The summed E-state index contributed by atoms with van der Waals surface area (Å²) in [4.78, 5) is 13.9. The van der Waals surface area contributed by atoms with Gasteiger partial charge in [0.05, 0.1) is 4.88 Å². The van der Waals surface area contributed by atoms with Crippen LogP contribution in [-0.2, 0) is 0 Å². The van der Waals surface area contributed by atoms with Gasteiger partial charge in [0.15, 0.2) is 0 Å². The number of hydrogen-bond donors (Lipinski definition) is 1. The minimum atomic E-state index is -0.223. The van der Waals surface area contributed by atoms with Crippen LogP contribution in [0.25, 0.3) is 10.6 Å².